The molecule has 2 N–H and O–H groups in total. The third-order valence-corrected chi connectivity index (χ3v) is 6.80. The van der Waals surface area contributed by atoms with Crippen LogP contribution >= 0.6 is 23.5 Å². The van der Waals surface area contributed by atoms with E-state index >= 15 is 0 Å². The minimum Gasteiger partial charge on any atom is -0.368 e. The van der Waals surface area contributed by atoms with Crippen LogP contribution < -0.4 is 10.6 Å². The van der Waals surface area contributed by atoms with Gasteiger partial charge in [0.2, 0.25) is 0 Å². The van der Waals surface area contributed by atoms with Crippen LogP contribution in [-0.4, -0.2) is 0 Å². The monoisotopic (exact) mass is 623 g/mol. The van der Waals surface area contributed by atoms with Gasteiger partial charge in [-0.25, -0.2) is 0 Å². The summed E-state index contributed by atoms with van der Waals surface area (Å²) in [6, 6.07) is 34.4. The van der Waals surface area contributed by atoms with Crippen molar-refractivity contribution >= 4 is 34.9 Å². The van der Waals surface area contributed by atoms with Gasteiger partial charge in [-0.3, -0.25) is 0 Å². The van der Waals surface area contributed by atoms with Gasteiger partial charge in [-0.2, -0.15) is 0 Å². The summed E-state index contributed by atoms with van der Waals surface area (Å²) in [5, 5.41) is 0.403. The Hall–Kier alpha value is -2.17. The number of fused-ring (bicyclic) bond motifs is 2. The molecular formula is C26H22IrN2S2+3. The Morgan fingerprint density at radius 1 is 0.548 bits per heavy atom. The van der Waals surface area contributed by atoms with E-state index in [-0.39, 0.29) is 20.1 Å². The maximum atomic E-state index is 8.51. The molecule has 2 unspecified atom stereocenters. The second kappa shape index (κ2) is 10.4. The third kappa shape index (κ3) is 5.19. The van der Waals surface area contributed by atoms with Gasteiger partial charge in [0.15, 0.2) is 2.82 Å². The van der Waals surface area contributed by atoms with E-state index in [9.17, 15) is 0 Å². The van der Waals surface area contributed by atoms with Gasteiger partial charge in [-0.1, -0.05) is 108 Å². The van der Waals surface area contributed by atoms with Crippen molar-refractivity contribution in [2.75, 3.05) is 10.6 Å². The number of rotatable bonds is 2. The second-order valence-electron chi connectivity index (χ2n) is 6.71. The molecule has 0 amide bonds. The summed E-state index contributed by atoms with van der Waals surface area (Å²) in [6.07, 6.45) is 0. The molecule has 0 radical (unpaired) electrons. The fraction of sp³-hybridized carbons (Fsp3) is 0.0769. The van der Waals surface area contributed by atoms with Crippen LogP contribution in [0.1, 0.15) is 24.6 Å². The number of anilines is 2. The molecule has 4 aromatic carbocycles. The van der Waals surface area contributed by atoms with E-state index in [0.29, 0.717) is 0 Å². The molecule has 0 bridgehead atoms. The Bertz CT molecular complexity index is 1200. The molecule has 0 saturated carbocycles. The van der Waals surface area contributed by atoms with Gasteiger partial charge in [0, 0.05) is 21.2 Å². The molecule has 2 atom stereocenters. The standard InChI is InChI=1S/2C13H11NS.Ir/c2*1-2-6-10(7-3-1)13-14-11-8-4-5-9-12(11)15-13;/h2*1-9,13-14H;/q;;+3/i2*13D;/hD2. The smallest absolute Gasteiger partial charge is 0.368 e. The molecule has 4 aromatic rings. The van der Waals surface area contributed by atoms with Crippen molar-refractivity contribution in [2.24, 2.45) is 0 Å². The number of benzene rings is 4. The second-order valence-corrected chi connectivity index (χ2v) is 8.77. The van der Waals surface area contributed by atoms with E-state index in [0.717, 1.165) is 32.3 Å². The van der Waals surface area contributed by atoms with Gasteiger partial charge < -0.3 is 10.6 Å². The minimum absolute atomic E-state index is 0. The average Bonchev–Trinajstić information content (AvgIpc) is 3.31. The largest absolute Gasteiger partial charge is 3.00 e. The number of hydrogen-bond acceptors (Lipinski definition) is 4. The fourth-order valence-corrected chi connectivity index (χ4v) is 5.10. The Morgan fingerprint density at radius 2 is 0.903 bits per heavy atom. The van der Waals surface area contributed by atoms with E-state index in [1.165, 1.54) is 34.1 Å². The normalized spacial score (nSPS) is 24.9. The molecule has 0 fully saturated rings. The van der Waals surface area contributed by atoms with Crippen LogP contribution in [0.2, 0.25) is 2.82 Å². The van der Waals surface area contributed by atoms with Gasteiger partial charge in [0.1, 0.15) is 10.7 Å². The summed E-state index contributed by atoms with van der Waals surface area (Å²) in [4.78, 5) is 1.97. The predicted molar refractivity (Wildman–Crippen MR) is 130 cm³/mol. The summed E-state index contributed by atoms with van der Waals surface area (Å²) in [5.74, 6) is 0. The molecule has 0 spiro atoms. The van der Waals surface area contributed by atoms with Crippen LogP contribution in [-0.2, 0) is 20.1 Å². The fourth-order valence-electron chi connectivity index (χ4n) is 3.15. The van der Waals surface area contributed by atoms with E-state index in [4.69, 9.17) is 5.57 Å². The molecule has 0 saturated heterocycles. The Balaban J connectivity index is 0.000000160. The first-order valence-electron chi connectivity index (χ1n) is 11.6. The Morgan fingerprint density at radius 3 is 1.29 bits per heavy atom. The third-order valence-electron chi connectivity index (χ3n) is 4.63. The summed E-state index contributed by atoms with van der Waals surface area (Å²) < 4.78 is 33.3. The minimum atomic E-state index is -1.08. The molecule has 154 valence electrons. The first kappa shape index (κ1) is 17.4. The van der Waals surface area contributed by atoms with Crippen LogP contribution in [0.25, 0.3) is 0 Å². The molecule has 2 aliphatic heterocycles. The van der Waals surface area contributed by atoms with Crippen molar-refractivity contribution in [3.05, 3.63) is 120 Å². The average molecular weight is 623 g/mol. The molecule has 5 heteroatoms. The molecule has 31 heavy (non-hydrogen) atoms. The molecular weight excluding hydrogens is 597 g/mol. The zero-order chi connectivity index (χ0) is 23.8. The summed E-state index contributed by atoms with van der Waals surface area (Å²) >= 11 is 2.81. The van der Waals surface area contributed by atoms with Crippen LogP contribution in [0.5, 0.6) is 0 Å². The Labute approximate surface area is 211 Å². The topological polar surface area (TPSA) is 24.1 Å². The predicted octanol–water partition coefficient (Wildman–Crippen LogP) is 7.80. The molecule has 2 heterocycles. The van der Waals surface area contributed by atoms with Gasteiger partial charge in [-0.15, -0.1) is 0 Å². The van der Waals surface area contributed by atoms with Crippen molar-refractivity contribution < 1.29 is 25.7 Å². The molecule has 2 nitrogen and oxygen atoms in total. The zero-order valence-electron chi connectivity index (χ0n) is 20.4. The maximum absolute atomic E-state index is 8.51. The summed E-state index contributed by atoms with van der Waals surface area (Å²) in [5.41, 5.74) is 3.26. The number of para-hydroxylation sites is 2. The van der Waals surface area contributed by atoms with Gasteiger partial charge in [-0.05, 0) is 35.4 Å². The number of thioether (sulfide) groups is 2. The van der Waals surface area contributed by atoms with Crippen molar-refractivity contribution in [1.29, 1.82) is 0 Å². The van der Waals surface area contributed by atoms with Crippen molar-refractivity contribution in [1.82, 2.24) is 0 Å². The number of hydrogen-bond donors (Lipinski definition) is 2. The van der Waals surface area contributed by atoms with Crippen molar-refractivity contribution in [3.63, 3.8) is 0 Å². The first-order chi connectivity index (χ1) is 16.4. The van der Waals surface area contributed by atoms with E-state index in [1.54, 1.807) is 0 Å². The van der Waals surface area contributed by atoms with Crippen LogP contribution in [0.3, 0.4) is 0 Å². The number of nitrogens with one attached hydrogen (secondary N) is 2. The van der Waals surface area contributed by atoms with E-state index in [1.807, 2.05) is 109 Å². The van der Waals surface area contributed by atoms with Crippen LogP contribution in [0.15, 0.2) is 119 Å². The van der Waals surface area contributed by atoms with Gasteiger partial charge in [0.25, 0.3) is 0 Å². The van der Waals surface area contributed by atoms with Gasteiger partial charge >= 0.3 is 20.1 Å². The molecule has 0 aromatic heterocycles. The molecule has 2 aliphatic rings. The SMILES string of the molecule is [2H]N1c2ccccc2SC1([2H])c1ccccc1.[2H]N1c2ccccc2SC1([2H])c1ccccc1.[Ir+3]. The zero-order valence-corrected chi connectivity index (χ0v) is 20.5. The maximum Gasteiger partial charge on any atom is 3.00 e. The summed E-state index contributed by atoms with van der Waals surface area (Å²) in [6.45, 7) is 0. The molecule has 0 aliphatic carbocycles. The van der Waals surface area contributed by atoms with Crippen LogP contribution in [0, 0.1) is 0 Å². The van der Waals surface area contributed by atoms with Gasteiger partial charge in [0.05, 0.1) is 2.74 Å². The summed E-state index contributed by atoms with van der Waals surface area (Å²) in [7, 11) is 0. The van der Waals surface area contributed by atoms with Crippen molar-refractivity contribution in [3.8, 4) is 0 Å². The Kier molecular flexibility index (Phi) is 5.85. The first-order valence-corrected chi connectivity index (χ1v) is 11.3. The van der Waals surface area contributed by atoms with E-state index < -0.39 is 10.7 Å². The quantitative estimate of drug-likeness (QED) is 0.238. The molecule has 6 rings (SSSR count). The van der Waals surface area contributed by atoms with Crippen LogP contribution in [0.4, 0.5) is 11.4 Å². The van der Waals surface area contributed by atoms with Crippen molar-refractivity contribution in [2.45, 2.75) is 20.5 Å². The van der Waals surface area contributed by atoms with E-state index in [2.05, 4.69) is 0 Å².